The van der Waals surface area contributed by atoms with Crippen LogP contribution in [0.5, 0.6) is 0 Å². The minimum Gasteiger partial charge on any atom is -0.312 e. The molecular weight excluding hydrogens is 297 g/mol. The van der Waals surface area contributed by atoms with E-state index in [2.05, 4.69) is 0 Å². The second kappa shape index (κ2) is 4.72. The van der Waals surface area contributed by atoms with Crippen LogP contribution >= 0.6 is 0 Å². The van der Waals surface area contributed by atoms with Crippen molar-refractivity contribution in [3.63, 3.8) is 0 Å². The normalized spacial score (nSPS) is 21.3. The molecule has 118 valence electrons. The first-order valence-electron chi connectivity index (χ1n) is 7.07. The van der Waals surface area contributed by atoms with Gasteiger partial charge in [0.2, 0.25) is 0 Å². The van der Waals surface area contributed by atoms with Crippen molar-refractivity contribution in [3.8, 4) is 0 Å². The van der Waals surface area contributed by atoms with Gasteiger partial charge in [-0.25, -0.2) is 9.69 Å². The molecule has 1 saturated carbocycles. The van der Waals surface area contributed by atoms with E-state index in [1.54, 1.807) is 7.05 Å². The number of anilines is 1. The van der Waals surface area contributed by atoms with Crippen molar-refractivity contribution >= 4 is 17.6 Å². The molecule has 4 nitrogen and oxygen atoms in total. The van der Waals surface area contributed by atoms with Crippen molar-refractivity contribution in [1.29, 1.82) is 0 Å². The fourth-order valence-corrected chi connectivity index (χ4v) is 3.33. The molecule has 1 spiro atoms. The van der Waals surface area contributed by atoms with Gasteiger partial charge in [-0.05, 0) is 31.0 Å². The fraction of sp³-hybridized carbons (Fsp3) is 0.467. The molecule has 7 heteroatoms. The summed E-state index contributed by atoms with van der Waals surface area (Å²) >= 11 is 0. The zero-order chi connectivity index (χ0) is 16.1. The van der Waals surface area contributed by atoms with Crippen LogP contribution in [0.4, 0.5) is 23.7 Å². The highest BCUT2D eigenvalue weighted by Gasteiger charge is 2.57. The third-order valence-corrected chi connectivity index (χ3v) is 4.58. The van der Waals surface area contributed by atoms with Crippen LogP contribution in [-0.4, -0.2) is 29.4 Å². The maximum atomic E-state index is 12.8. The fourth-order valence-electron chi connectivity index (χ4n) is 3.33. The molecule has 3 amide bonds. The first-order valence-corrected chi connectivity index (χ1v) is 7.07. The molecule has 2 aliphatic rings. The van der Waals surface area contributed by atoms with Gasteiger partial charge in [-0.2, -0.15) is 13.2 Å². The summed E-state index contributed by atoms with van der Waals surface area (Å²) in [7, 11) is 1.54. The van der Waals surface area contributed by atoms with Crippen molar-refractivity contribution < 1.29 is 22.8 Å². The summed E-state index contributed by atoms with van der Waals surface area (Å²) < 4.78 is 38.5. The largest absolute Gasteiger partial charge is 0.416 e. The molecule has 0 aromatic heterocycles. The molecule has 0 radical (unpaired) electrons. The lowest BCUT2D eigenvalue weighted by Gasteiger charge is -2.27. The summed E-state index contributed by atoms with van der Waals surface area (Å²) in [6, 6.07) is 3.76. The Kier molecular flexibility index (Phi) is 3.19. The molecule has 22 heavy (non-hydrogen) atoms. The Balaban J connectivity index is 2.02. The summed E-state index contributed by atoms with van der Waals surface area (Å²) in [5, 5.41) is 0. The number of benzene rings is 1. The highest BCUT2D eigenvalue weighted by Crippen LogP contribution is 2.43. The van der Waals surface area contributed by atoms with E-state index in [4.69, 9.17) is 0 Å². The van der Waals surface area contributed by atoms with E-state index >= 15 is 0 Å². The van der Waals surface area contributed by atoms with Crippen LogP contribution in [0.25, 0.3) is 0 Å². The molecule has 3 rings (SSSR count). The standard InChI is InChI=1S/C15H15F3N2O2/c1-19-13(22)20(12(21)14(19)7-2-3-8-14)11-6-4-5-10(9-11)15(16,17)18/h4-6,9H,2-3,7-8H2,1H3. The predicted octanol–water partition coefficient (Wildman–Crippen LogP) is 3.42. The monoisotopic (exact) mass is 312 g/mol. The molecular formula is C15H15F3N2O2. The Morgan fingerprint density at radius 3 is 2.36 bits per heavy atom. The molecule has 1 aromatic rings. The average molecular weight is 312 g/mol. The maximum absolute atomic E-state index is 12.8. The number of alkyl halides is 3. The molecule has 1 aliphatic carbocycles. The Hall–Kier alpha value is -2.05. The van der Waals surface area contributed by atoms with Gasteiger partial charge in [0.05, 0.1) is 11.3 Å². The average Bonchev–Trinajstić information content (AvgIpc) is 3.02. The summed E-state index contributed by atoms with van der Waals surface area (Å²) in [5.74, 6) is -0.420. The van der Waals surface area contributed by atoms with E-state index < -0.39 is 29.2 Å². The molecule has 1 heterocycles. The Morgan fingerprint density at radius 2 is 1.77 bits per heavy atom. The molecule has 1 saturated heterocycles. The Bertz CT molecular complexity index is 636. The van der Waals surface area contributed by atoms with Crippen molar-refractivity contribution in [3.05, 3.63) is 29.8 Å². The molecule has 0 atom stereocenters. The van der Waals surface area contributed by atoms with Crippen molar-refractivity contribution in [2.45, 2.75) is 37.4 Å². The number of halogens is 3. The van der Waals surface area contributed by atoms with Crippen LogP contribution in [0.1, 0.15) is 31.2 Å². The van der Waals surface area contributed by atoms with Gasteiger partial charge >= 0.3 is 12.2 Å². The van der Waals surface area contributed by atoms with E-state index in [9.17, 15) is 22.8 Å². The Morgan fingerprint density at radius 1 is 1.14 bits per heavy atom. The van der Waals surface area contributed by atoms with Gasteiger partial charge in [0.1, 0.15) is 5.54 Å². The first-order chi connectivity index (χ1) is 10.3. The SMILES string of the molecule is CN1C(=O)N(c2cccc(C(F)(F)F)c2)C(=O)C12CCCC2. The van der Waals surface area contributed by atoms with Crippen molar-refractivity contribution in [2.24, 2.45) is 0 Å². The number of carbonyl (C=O) groups excluding carboxylic acids is 2. The minimum absolute atomic E-state index is 0.0274. The van der Waals surface area contributed by atoms with Gasteiger partial charge in [-0.1, -0.05) is 18.9 Å². The van der Waals surface area contributed by atoms with Gasteiger partial charge in [0.25, 0.3) is 5.91 Å². The van der Waals surface area contributed by atoms with E-state index in [0.717, 1.165) is 29.9 Å². The summed E-state index contributed by atoms with van der Waals surface area (Å²) in [6.45, 7) is 0. The van der Waals surface area contributed by atoms with Gasteiger partial charge in [-0.3, -0.25) is 4.79 Å². The quantitative estimate of drug-likeness (QED) is 0.746. The number of urea groups is 1. The maximum Gasteiger partial charge on any atom is 0.416 e. The molecule has 0 N–H and O–H groups in total. The predicted molar refractivity (Wildman–Crippen MR) is 73.3 cm³/mol. The van der Waals surface area contributed by atoms with Crippen LogP contribution in [0.3, 0.4) is 0 Å². The zero-order valence-electron chi connectivity index (χ0n) is 12.0. The van der Waals surface area contributed by atoms with E-state index in [0.29, 0.717) is 12.8 Å². The third-order valence-electron chi connectivity index (χ3n) is 4.58. The van der Waals surface area contributed by atoms with Gasteiger partial charge in [0.15, 0.2) is 0 Å². The smallest absolute Gasteiger partial charge is 0.312 e. The van der Waals surface area contributed by atoms with Gasteiger partial charge in [0, 0.05) is 7.05 Å². The second-order valence-electron chi connectivity index (χ2n) is 5.77. The number of hydrogen-bond acceptors (Lipinski definition) is 2. The number of rotatable bonds is 1. The Labute approximate surface area is 125 Å². The molecule has 0 bridgehead atoms. The van der Waals surface area contributed by atoms with Gasteiger partial charge in [-0.15, -0.1) is 0 Å². The van der Waals surface area contributed by atoms with Crippen molar-refractivity contribution in [1.82, 2.24) is 4.90 Å². The zero-order valence-corrected chi connectivity index (χ0v) is 12.0. The van der Waals surface area contributed by atoms with Crippen LogP contribution in [0.2, 0.25) is 0 Å². The lowest BCUT2D eigenvalue weighted by molar-refractivity contribution is -0.137. The van der Waals surface area contributed by atoms with E-state index in [1.165, 1.54) is 17.0 Å². The topological polar surface area (TPSA) is 40.6 Å². The van der Waals surface area contributed by atoms with Crippen LogP contribution in [0.15, 0.2) is 24.3 Å². The number of imide groups is 1. The molecule has 2 fully saturated rings. The van der Waals surface area contributed by atoms with E-state index in [1.807, 2.05) is 0 Å². The lowest BCUT2D eigenvalue weighted by Crippen LogP contribution is -2.45. The highest BCUT2D eigenvalue weighted by molar-refractivity contribution is 6.23. The summed E-state index contributed by atoms with van der Waals surface area (Å²) in [6.07, 6.45) is -1.73. The summed E-state index contributed by atoms with van der Waals surface area (Å²) in [4.78, 5) is 27.3. The number of nitrogens with zero attached hydrogens (tertiary/aromatic N) is 2. The number of carbonyl (C=O) groups is 2. The van der Waals surface area contributed by atoms with Gasteiger partial charge < -0.3 is 4.90 Å². The summed E-state index contributed by atoms with van der Waals surface area (Å²) in [5.41, 5.74) is -1.79. The number of amides is 3. The molecule has 1 aliphatic heterocycles. The minimum atomic E-state index is -4.52. The number of hydrogen-bond donors (Lipinski definition) is 0. The lowest BCUT2D eigenvalue weighted by atomic mass is 9.96. The molecule has 0 unspecified atom stereocenters. The third kappa shape index (κ3) is 1.99. The van der Waals surface area contributed by atoms with Crippen LogP contribution in [0, 0.1) is 0 Å². The molecule has 1 aromatic carbocycles. The van der Waals surface area contributed by atoms with Crippen molar-refractivity contribution in [2.75, 3.05) is 11.9 Å². The number of likely N-dealkylation sites (N-methyl/N-ethyl adjacent to an activating group) is 1. The first kappa shape index (κ1) is 14.9. The highest BCUT2D eigenvalue weighted by atomic mass is 19.4. The van der Waals surface area contributed by atoms with Crippen LogP contribution in [-0.2, 0) is 11.0 Å². The van der Waals surface area contributed by atoms with Crippen LogP contribution < -0.4 is 4.90 Å². The van der Waals surface area contributed by atoms with E-state index in [-0.39, 0.29) is 5.69 Å². The second-order valence-corrected chi connectivity index (χ2v) is 5.77.